The van der Waals surface area contributed by atoms with Crippen LogP contribution in [0.1, 0.15) is 39.0 Å². The second kappa shape index (κ2) is 4.55. The van der Waals surface area contributed by atoms with Crippen molar-refractivity contribution in [1.29, 1.82) is 0 Å². The molecular weight excluding hydrogens is 208 g/mol. The van der Waals surface area contributed by atoms with Gasteiger partial charge in [-0.25, -0.2) is 0 Å². The summed E-state index contributed by atoms with van der Waals surface area (Å²) in [6.07, 6.45) is 7.74. The summed E-state index contributed by atoms with van der Waals surface area (Å²) in [5.74, 6) is 5.30. The van der Waals surface area contributed by atoms with Crippen LogP contribution in [-0.2, 0) is 0 Å². The minimum absolute atomic E-state index is 0.548. The van der Waals surface area contributed by atoms with Crippen molar-refractivity contribution in [2.75, 3.05) is 20.1 Å². The van der Waals surface area contributed by atoms with Crippen LogP contribution in [0, 0.1) is 29.6 Å². The van der Waals surface area contributed by atoms with Crippen molar-refractivity contribution in [3.63, 3.8) is 0 Å². The number of rotatable bonds is 4. The molecule has 2 N–H and O–H groups in total. The fourth-order valence-corrected chi connectivity index (χ4v) is 5.03. The van der Waals surface area contributed by atoms with E-state index in [1.54, 1.807) is 32.1 Å². The van der Waals surface area contributed by atoms with E-state index in [0.29, 0.717) is 6.04 Å². The molecule has 2 nitrogen and oxygen atoms in total. The summed E-state index contributed by atoms with van der Waals surface area (Å²) in [6.45, 7) is 4.35. The van der Waals surface area contributed by atoms with Gasteiger partial charge in [0.25, 0.3) is 0 Å². The highest BCUT2D eigenvalue weighted by molar-refractivity contribution is 4.98. The summed E-state index contributed by atoms with van der Waals surface area (Å²) in [5.41, 5.74) is 5.78. The summed E-state index contributed by atoms with van der Waals surface area (Å²) in [5, 5.41) is 0. The van der Waals surface area contributed by atoms with Gasteiger partial charge in [-0.05, 0) is 75.7 Å². The molecule has 0 amide bonds. The highest BCUT2D eigenvalue weighted by Crippen LogP contribution is 2.56. The zero-order valence-corrected chi connectivity index (χ0v) is 11.4. The third-order valence-corrected chi connectivity index (χ3v) is 6.01. The van der Waals surface area contributed by atoms with Gasteiger partial charge in [0.2, 0.25) is 0 Å². The van der Waals surface area contributed by atoms with Gasteiger partial charge in [0.05, 0.1) is 0 Å². The Kier molecular flexibility index (Phi) is 3.20. The van der Waals surface area contributed by atoms with Gasteiger partial charge in [0, 0.05) is 19.1 Å². The second-order valence-corrected chi connectivity index (χ2v) is 7.12. The summed E-state index contributed by atoms with van der Waals surface area (Å²) >= 11 is 0. The first-order chi connectivity index (χ1) is 8.17. The smallest absolute Gasteiger partial charge is 0.0187 e. The third kappa shape index (κ3) is 2.15. The fourth-order valence-electron chi connectivity index (χ4n) is 5.03. The number of nitrogens with zero attached hydrogens (tertiary/aromatic N) is 1. The molecule has 1 unspecified atom stereocenters. The van der Waals surface area contributed by atoms with Crippen molar-refractivity contribution in [3.05, 3.63) is 0 Å². The predicted molar refractivity (Wildman–Crippen MR) is 71.7 cm³/mol. The van der Waals surface area contributed by atoms with E-state index in [1.807, 2.05) is 0 Å². The van der Waals surface area contributed by atoms with Crippen LogP contribution in [-0.4, -0.2) is 31.1 Å². The number of hydrogen-bond donors (Lipinski definition) is 1. The normalized spacial score (nSPS) is 45.5. The van der Waals surface area contributed by atoms with E-state index in [1.165, 1.54) is 6.54 Å². The SMILES string of the molecule is CC(CN)N(C)CC1C2CC3CC(C2)CC1C3. The molecule has 0 spiro atoms. The highest BCUT2D eigenvalue weighted by atomic mass is 15.1. The maximum absolute atomic E-state index is 5.78. The molecule has 0 radical (unpaired) electrons. The van der Waals surface area contributed by atoms with E-state index >= 15 is 0 Å². The quantitative estimate of drug-likeness (QED) is 0.812. The maximum Gasteiger partial charge on any atom is 0.0187 e. The van der Waals surface area contributed by atoms with E-state index in [0.717, 1.165) is 36.1 Å². The van der Waals surface area contributed by atoms with Gasteiger partial charge in [-0.15, -0.1) is 0 Å². The van der Waals surface area contributed by atoms with Crippen molar-refractivity contribution in [2.24, 2.45) is 35.3 Å². The topological polar surface area (TPSA) is 29.3 Å². The average Bonchev–Trinajstić information content (AvgIpc) is 2.31. The molecule has 0 aromatic carbocycles. The van der Waals surface area contributed by atoms with Gasteiger partial charge in [0.15, 0.2) is 0 Å². The molecule has 1 atom stereocenters. The zero-order chi connectivity index (χ0) is 12.0. The Labute approximate surface area is 106 Å². The van der Waals surface area contributed by atoms with E-state index in [4.69, 9.17) is 5.73 Å². The largest absolute Gasteiger partial charge is 0.329 e. The van der Waals surface area contributed by atoms with E-state index in [9.17, 15) is 0 Å². The van der Waals surface area contributed by atoms with E-state index in [2.05, 4.69) is 18.9 Å². The zero-order valence-electron chi connectivity index (χ0n) is 11.4. The lowest BCUT2D eigenvalue weighted by molar-refractivity contribution is -0.0494. The Morgan fingerprint density at radius 1 is 1.06 bits per heavy atom. The summed E-state index contributed by atoms with van der Waals surface area (Å²) in [6, 6.07) is 0.548. The predicted octanol–water partition coefficient (Wildman–Crippen LogP) is 2.34. The third-order valence-electron chi connectivity index (χ3n) is 6.01. The Bertz CT molecular complexity index is 248. The van der Waals surface area contributed by atoms with Crippen molar-refractivity contribution in [3.8, 4) is 0 Å². The van der Waals surface area contributed by atoms with Crippen molar-refractivity contribution in [2.45, 2.75) is 45.1 Å². The van der Waals surface area contributed by atoms with Gasteiger partial charge < -0.3 is 10.6 Å². The Hall–Kier alpha value is -0.0800. The van der Waals surface area contributed by atoms with Crippen LogP contribution >= 0.6 is 0 Å². The van der Waals surface area contributed by atoms with Crippen LogP contribution in [0.25, 0.3) is 0 Å². The first kappa shape index (κ1) is 12.0. The van der Waals surface area contributed by atoms with Crippen LogP contribution in [0.2, 0.25) is 0 Å². The summed E-state index contributed by atoms with van der Waals surface area (Å²) < 4.78 is 0. The average molecular weight is 236 g/mol. The molecule has 0 aromatic rings. The summed E-state index contributed by atoms with van der Waals surface area (Å²) in [7, 11) is 2.27. The van der Waals surface area contributed by atoms with E-state index < -0.39 is 0 Å². The molecule has 4 aliphatic rings. The van der Waals surface area contributed by atoms with Crippen LogP contribution in [0.3, 0.4) is 0 Å². The van der Waals surface area contributed by atoms with Crippen molar-refractivity contribution in [1.82, 2.24) is 4.90 Å². The first-order valence-electron chi connectivity index (χ1n) is 7.57. The lowest BCUT2D eigenvalue weighted by atomic mass is 9.52. The molecule has 4 aliphatic carbocycles. The molecule has 4 saturated carbocycles. The molecule has 0 heterocycles. The van der Waals surface area contributed by atoms with Crippen LogP contribution in [0.5, 0.6) is 0 Å². The van der Waals surface area contributed by atoms with Gasteiger partial charge >= 0.3 is 0 Å². The Morgan fingerprint density at radius 3 is 2.06 bits per heavy atom. The highest BCUT2D eigenvalue weighted by Gasteiger charge is 2.48. The van der Waals surface area contributed by atoms with Gasteiger partial charge in [-0.3, -0.25) is 0 Å². The van der Waals surface area contributed by atoms with Crippen LogP contribution < -0.4 is 5.73 Å². The molecule has 0 aromatic heterocycles. The first-order valence-corrected chi connectivity index (χ1v) is 7.57. The summed E-state index contributed by atoms with van der Waals surface area (Å²) in [4.78, 5) is 2.51. The monoisotopic (exact) mass is 236 g/mol. The second-order valence-electron chi connectivity index (χ2n) is 7.12. The number of likely N-dealkylation sites (N-methyl/N-ethyl adjacent to an activating group) is 1. The van der Waals surface area contributed by atoms with Crippen molar-refractivity contribution >= 4 is 0 Å². The van der Waals surface area contributed by atoms with Crippen LogP contribution in [0.15, 0.2) is 0 Å². The lowest BCUT2D eigenvalue weighted by Gasteiger charge is -2.55. The maximum atomic E-state index is 5.78. The molecule has 4 bridgehead atoms. The lowest BCUT2D eigenvalue weighted by Crippen LogP contribution is -2.50. The van der Waals surface area contributed by atoms with E-state index in [-0.39, 0.29) is 0 Å². The molecule has 0 saturated heterocycles. The molecule has 4 fully saturated rings. The van der Waals surface area contributed by atoms with Gasteiger partial charge in [-0.2, -0.15) is 0 Å². The minimum Gasteiger partial charge on any atom is -0.329 e. The Balaban J connectivity index is 1.64. The van der Waals surface area contributed by atoms with Gasteiger partial charge in [-0.1, -0.05) is 0 Å². The number of hydrogen-bond acceptors (Lipinski definition) is 2. The van der Waals surface area contributed by atoms with Crippen LogP contribution in [0.4, 0.5) is 0 Å². The Morgan fingerprint density at radius 2 is 1.59 bits per heavy atom. The molecule has 4 rings (SSSR count). The molecule has 17 heavy (non-hydrogen) atoms. The van der Waals surface area contributed by atoms with Gasteiger partial charge in [0.1, 0.15) is 0 Å². The molecule has 98 valence electrons. The molecule has 2 heteroatoms. The fraction of sp³-hybridized carbons (Fsp3) is 1.00. The standard InChI is InChI=1S/C15H28N2/c1-10(8-16)17(2)9-15-13-4-11-3-12(6-13)7-14(15)5-11/h10-15H,3-9,16H2,1-2H3. The van der Waals surface area contributed by atoms with Crippen molar-refractivity contribution < 1.29 is 0 Å². The number of nitrogens with two attached hydrogens (primary N) is 1. The minimum atomic E-state index is 0.548. The molecule has 0 aliphatic heterocycles. The molecular formula is C15H28N2.